The zero-order valence-corrected chi connectivity index (χ0v) is 16.0. The Balaban J connectivity index is 1.87. The standard InChI is InChI=1S/C20H21N5O4/c1-28-17-15(29-11-3-10-26)6-5-14-16(17)23-20(25-9-8-22-18(14)25)24-19(27)13-4-2-7-21-12-13/h2,4-7,12,22,26H,3,8-11H2,1H3. The molecule has 1 aliphatic heterocycles. The van der Waals surface area contributed by atoms with E-state index in [2.05, 4.69) is 20.3 Å². The van der Waals surface area contributed by atoms with Crippen molar-refractivity contribution in [1.82, 2.24) is 14.5 Å². The summed E-state index contributed by atoms with van der Waals surface area (Å²) >= 11 is 0. The number of fused-ring (bicyclic) bond motifs is 3. The molecule has 0 bridgehead atoms. The van der Waals surface area contributed by atoms with E-state index >= 15 is 0 Å². The van der Waals surface area contributed by atoms with Crippen LogP contribution in [0.5, 0.6) is 11.5 Å². The highest BCUT2D eigenvalue weighted by atomic mass is 16.5. The number of hydrogen-bond acceptors (Lipinski definition) is 7. The maximum atomic E-state index is 12.6. The molecule has 0 saturated carbocycles. The highest BCUT2D eigenvalue weighted by molar-refractivity contribution is 5.96. The lowest BCUT2D eigenvalue weighted by Crippen LogP contribution is -2.25. The van der Waals surface area contributed by atoms with Gasteiger partial charge in [-0.25, -0.2) is 4.98 Å². The average molecular weight is 395 g/mol. The van der Waals surface area contributed by atoms with Gasteiger partial charge in [-0.1, -0.05) is 0 Å². The van der Waals surface area contributed by atoms with Crippen LogP contribution in [-0.4, -0.2) is 52.4 Å². The van der Waals surface area contributed by atoms with Gasteiger partial charge in [0.2, 0.25) is 5.62 Å². The molecule has 0 radical (unpaired) electrons. The van der Waals surface area contributed by atoms with Crippen LogP contribution in [0.3, 0.4) is 0 Å². The van der Waals surface area contributed by atoms with Crippen molar-refractivity contribution < 1.29 is 19.4 Å². The number of carbonyl (C=O) groups is 1. The molecule has 0 unspecified atom stereocenters. The van der Waals surface area contributed by atoms with Crippen LogP contribution in [-0.2, 0) is 6.54 Å². The molecule has 150 valence electrons. The van der Waals surface area contributed by atoms with E-state index in [4.69, 9.17) is 14.6 Å². The highest BCUT2D eigenvalue weighted by Crippen LogP contribution is 2.37. The molecule has 3 aromatic rings. The third-order valence-corrected chi connectivity index (χ3v) is 4.58. The summed E-state index contributed by atoms with van der Waals surface area (Å²) in [5.41, 5.74) is 1.23. The summed E-state index contributed by atoms with van der Waals surface area (Å²) in [6.07, 6.45) is 3.59. The van der Waals surface area contributed by atoms with Gasteiger partial charge in [0.1, 0.15) is 11.3 Å². The number of nitrogens with one attached hydrogen (secondary N) is 1. The first-order valence-electron chi connectivity index (χ1n) is 9.31. The van der Waals surface area contributed by atoms with E-state index in [0.717, 1.165) is 11.2 Å². The molecule has 0 atom stereocenters. The first-order valence-corrected chi connectivity index (χ1v) is 9.31. The number of methoxy groups -OCH3 is 1. The zero-order valence-electron chi connectivity index (χ0n) is 16.0. The molecule has 9 heteroatoms. The van der Waals surface area contributed by atoms with Crippen molar-refractivity contribution in [3.8, 4) is 11.5 Å². The quantitative estimate of drug-likeness (QED) is 0.607. The van der Waals surface area contributed by atoms with Crippen LogP contribution < -0.4 is 20.4 Å². The average Bonchev–Trinajstić information content (AvgIpc) is 3.25. The van der Waals surface area contributed by atoms with E-state index in [0.29, 0.717) is 48.7 Å². The molecule has 1 amide bonds. The van der Waals surface area contributed by atoms with E-state index < -0.39 is 5.91 Å². The summed E-state index contributed by atoms with van der Waals surface area (Å²) in [7, 11) is 1.54. The molecular weight excluding hydrogens is 374 g/mol. The molecule has 0 fully saturated rings. The number of amides is 1. The first kappa shape index (κ1) is 18.9. The predicted octanol–water partition coefficient (Wildman–Crippen LogP) is 1.37. The molecule has 0 spiro atoms. The molecule has 0 saturated heterocycles. The van der Waals surface area contributed by atoms with Crippen molar-refractivity contribution >= 4 is 22.6 Å². The second-order valence-corrected chi connectivity index (χ2v) is 6.42. The van der Waals surface area contributed by atoms with Gasteiger partial charge < -0.3 is 19.9 Å². The number of benzene rings is 1. The number of aliphatic hydroxyl groups excluding tert-OH is 1. The van der Waals surface area contributed by atoms with Gasteiger partial charge in [-0.15, -0.1) is 0 Å². The van der Waals surface area contributed by atoms with Crippen molar-refractivity contribution in [2.24, 2.45) is 4.99 Å². The lowest BCUT2D eigenvalue weighted by Gasteiger charge is -2.14. The van der Waals surface area contributed by atoms with Gasteiger partial charge >= 0.3 is 0 Å². The Kier molecular flexibility index (Phi) is 5.39. The third-order valence-electron chi connectivity index (χ3n) is 4.58. The molecule has 2 N–H and O–H groups in total. The Morgan fingerprint density at radius 3 is 3.03 bits per heavy atom. The minimum atomic E-state index is -0.416. The lowest BCUT2D eigenvalue weighted by atomic mass is 10.2. The maximum Gasteiger partial charge on any atom is 0.281 e. The van der Waals surface area contributed by atoms with Gasteiger partial charge in [-0.2, -0.15) is 4.99 Å². The molecule has 4 rings (SSSR count). The van der Waals surface area contributed by atoms with Gasteiger partial charge in [-0.3, -0.25) is 14.3 Å². The zero-order chi connectivity index (χ0) is 20.2. The second-order valence-electron chi connectivity index (χ2n) is 6.42. The van der Waals surface area contributed by atoms with Crippen molar-refractivity contribution in [2.75, 3.05) is 32.2 Å². The summed E-state index contributed by atoms with van der Waals surface area (Å²) < 4.78 is 13.2. The number of pyridine rings is 1. The molecule has 2 aromatic heterocycles. The number of rotatable bonds is 6. The van der Waals surface area contributed by atoms with Crippen molar-refractivity contribution in [3.05, 3.63) is 47.8 Å². The van der Waals surface area contributed by atoms with E-state index in [9.17, 15) is 4.79 Å². The Hall–Kier alpha value is -3.46. The van der Waals surface area contributed by atoms with Crippen molar-refractivity contribution in [1.29, 1.82) is 0 Å². The lowest BCUT2D eigenvalue weighted by molar-refractivity contribution is 0.0996. The van der Waals surface area contributed by atoms with Crippen molar-refractivity contribution in [2.45, 2.75) is 13.0 Å². The molecule has 0 aliphatic carbocycles. The number of aromatic nitrogens is 3. The number of nitrogens with zero attached hydrogens (tertiary/aromatic N) is 4. The molecule has 1 aliphatic rings. The second kappa shape index (κ2) is 8.27. The number of ether oxygens (including phenoxy) is 2. The molecule has 9 nitrogen and oxygen atoms in total. The predicted molar refractivity (Wildman–Crippen MR) is 106 cm³/mol. The van der Waals surface area contributed by atoms with Crippen LogP contribution >= 0.6 is 0 Å². The fourth-order valence-electron chi connectivity index (χ4n) is 3.24. The van der Waals surface area contributed by atoms with Crippen LogP contribution in [0, 0.1) is 0 Å². The molecular formula is C20H21N5O4. The Morgan fingerprint density at radius 2 is 2.28 bits per heavy atom. The fourth-order valence-corrected chi connectivity index (χ4v) is 3.24. The summed E-state index contributed by atoms with van der Waals surface area (Å²) in [6.45, 7) is 1.75. The summed E-state index contributed by atoms with van der Waals surface area (Å²) in [5, 5.41) is 13.2. The van der Waals surface area contributed by atoms with E-state index in [-0.39, 0.29) is 12.2 Å². The number of hydrogen-bond donors (Lipinski definition) is 2. The fraction of sp³-hybridized carbons (Fsp3) is 0.300. The SMILES string of the molecule is COc1c(OCCCO)ccc2c3n(c(=NC(=O)c4cccnc4)nc12)CCN3. The highest BCUT2D eigenvalue weighted by Gasteiger charge is 2.20. The Labute approximate surface area is 166 Å². The number of aliphatic hydroxyl groups is 1. The summed E-state index contributed by atoms with van der Waals surface area (Å²) in [5.74, 6) is 1.39. The van der Waals surface area contributed by atoms with Gasteiger partial charge in [0.15, 0.2) is 11.5 Å². The third kappa shape index (κ3) is 3.64. The van der Waals surface area contributed by atoms with Crippen LogP contribution in [0.15, 0.2) is 41.7 Å². The van der Waals surface area contributed by atoms with Crippen LogP contribution in [0.4, 0.5) is 5.82 Å². The Morgan fingerprint density at radius 1 is 1.38 bits per heavy atom. The normalized spacial score (nSPS) is 13.2. The summed E-state index contributed by atoms with van der Waals surface area (Å²) in [4.78, 5) is 25.4. The monoisotopic (exact) mass is 395 g/mol. The van der Waals surface area contributed by atoms with Crippen LogP contribution in [0.1, 0.15) is 16.8 Å². The number of carbonyl (C=O) groups excluding carboxylic acids is 1. The molecule has 29 heavy (non-hydrogen) atoms. The van der Waals surface area contributed by atoms with Crippen LogP contribution in [0.25, 0.3) is 10.9 Å². The van der Waals surface area contributed by atoms with Gasteiger partial charge in [0, 0.05) is 43.9 Å². The maximum absolute atomic E-state index is 12.6. The molecule has 1 aromatic carbocycles. The Bertz CT molecular complexity index is 1110. The summed E-state index contributed by atoms with van der Waals surface area (Å²) in [6, 6.07) is 7.07. The van der Waals surface area contributed by atoms with E-state index in [1.54, 1.807) is 25.4 Å². The van der Waals surface area contributed by atoms with Gasteiger partial charge in [0.25, 0.3) is 5.91 Å². The van der Waals surface area contributed by atoms with Gasteiger partial charge in [0.05, 0.1) is 19.3 Å². The van der Waals surface area contributed by atoms with Gasteiger partial charge in [-0.05, 0) is 24.3 Å². The number of anilines is 1. The van der Waals surface area contributed by atoms with Crippen LogP contribution in [0.2, 0.25) is 0 Å². The van der Waals surface area contributed by atoms with E-state index in [1.165, 1.54) is 6.20 Å². The first-order chi connectivity index (χ1) is 14.2. The minimum Gasteiger partial charge on any atom is -0.491 e. The smallest absolute Gasteiger partial charge is 0.281 e. The topological polar surface area (TPSA) is 111 Å². The molecule has 3 heterocycles. The van der Waals surface area contributed by atoms with E-state index in [1.807, 2.05) is 16.7 Å². The minimum absolute atomic E-state index is 0.0434. The van der Waals surface area contributed by atoms with Crippen molar-refractivity contribution in [3.63, 3.8) is 0 Å². The largest absolute Gasteiger partial charge is 0.491 e.